The zero-order chi connectivity index (χ0) is 7.40. The largest absolute Gasteiger partial charge is 2.00 e. The molecule has 0 fully saturated rings. The number of rotatable bonds is 2. The molecule has 1 rings (SSSR count). The Morgan fingerprint density at radius 1 is 1.33 bits per heavy atom. The molecule has 0 aromatic heterocycles. The van der Waals surface area contributed by atoms with Gasteiger partial charge in [0.1, 0.15) is 0 Å². The first-order valence-electron chi connectivity index (χ1n) is 3.80. The van der Waals surface area contributed by atoms with Gasteiger partial charge in [0.15, 0.2) is 0 Å². The normalized spacial score (nSPS) is 10.8. The van der Waals surface area contributed by atoms with Gasteiger partial charge in [0.05, 0.1) is 0 Å². The molecule has 0 saturated carbocycles. The molecule has 0 heterocycles. The fraction of sp³-hybridized carbons (Fsp3) is 0.400. The van der Waals surface area contributed by atoms with Crippen LogP contribution in [-0.2, 0) is 0 Å². The first-order valence-corrected chi connectivity index (χ1v) is 3.80. The van der Waals surface area contributed by atoms with Gasteiger partial charge < -0.3 is 12.4 Å². The minimum absolute atomic E-state index is 0. The minimum Gasteiger partial charge on any atom is -1.00 e. The molecule has 0 nitrogen and oxygen atoms in total. The van der Waals surface area contributed by atoms with Crippen molar-refractivity contribution < 1.29 is 12.4 Å². The first-order chi connectivity index (χ1) is 4.84. The standard InChI is InChI=1S/C10H13.ClH.Mg/c1-3-9(2)10-7-5-4-6-8-10;;/h5-9H,3H2,1-2H3;1H;/q-1;;+2/p-1. The summed E-state index contributed by atoms with van der Waals surface area (Å²) in [4.78, 5) is 0. The summed E-state index contributed by atoms with van der Waals surface area (Å²) < 4.78 is 0. The molecule has 0 amide bonds. The Morgan fingerprint density at radius 2 is 1.83 bits per heavy atom. The summed E-state index contributed by atoms with van der Waals surface area (Å²) in [6, 6.07) is 11.2. The first kappa shape index (κ1) is 14.8. The molecule has 0 aliphatic carbocycles. The van der Waals surface area contributed by atoms with Crippen molar-refractivity contribution in [2.45, 2.75) is 26.2 Å². The van der Waals surface area contributed by atoms with Crippen LogP contribution in [0.2, 0.25) is 0 Å². The van der Waals surface area contributed by atoms with E-state index < -0.39 is 0 Å². The number of benzene rings is 1. The molecule has 0 aliphatic heterocycles. The Kier molecular flexibility index (Phi) is 9.73. The summed E-state index contributed by atoms with van der Waals surface area (Å²) >= 11 is 0. The summed E-state index contributed by atoms with van der Waals surface area (Å²) in [6.45, 7) is 4.46. The molecule has 0 aliphatic rings. The maximum Gasteiger partial charge on any atom is 2.00 e. The van der Waals surface area contributed by atoms with Crippen LogP contribution in [0.15, 0.2) is 24.3 Å². The number of hydrogen-bond donors (Lipinski definition) is 0. The van der Waals surface area contributed by atoms with Crippen molar-refractivity contribution in [3.8, 4) is 0 Å². The molecule has 1 aromatic carbocycles. The van der Waals surface area contributed by atoms with E-state index in [1.54, 1.807) is 0 Å². The third-order valence-corrected chi connectivity index (χ3v) is 1.93. The Balaban J connectivity index is 0. The molecule has 0 bridgehead atoms. The van der Waals surface area contributed by atoms with E-state index in [0.717, 1.165) is 0 Å². The number of hydrogen-bond acceptors (Lipinski definition) is 0. The van der Waals surface area contributed by atoms with Gasteiger partial charge in [-0.05, 0) is 5.92 Å². The second-order valence-electron chi connectivity index (χ2n) is 2.64. The van der Waals surface area contributed by atoms with Crippen molar-refractivity contribution in [2.24, 2.45) is 0 Å². The smallest absolute Gasteiger partial charge is 1.00 e. The van der Waals surface area contributed by atoms with E-state index >= 15 is 0 Å². The molecule has 0 N–H and O–H groups in total. The number of halogens is 1. The maximum absolute atomic E-state index is 3.01. The Hall–Kier alpha value is 0.276. The van der Waals surface area contributed by atoms with E-state index in [1.807, 2.05) is 12.1 Å². The van der Waals surface area contributed by atoms with Crippen molar-refractivity contribution >= 4 is 23.1 Å². The van der Waals surface area contributed by atoms with Gasteiger partial charge in [-0.3, -0.25) is 0 Å². The SMILES string of the molecule is CCC(C)c1cc[c-]cc1.[Cl-].[Mg+2]. The van der Waals surface area contributed by atoms with Crippen molar-refractivity contribution in [3.05, 3.63) is 35.9 Å². The van der Waals surface area contributed by atoms with E-state index in [4.69, 9.17) is 0 Å². The van der Waals surface area contributed by atoms with Gasteiger partial charge in [0, 0.05) is 0 Å². The summed E-state index contributed by atoms with van der Waals surface area (Å²) in [5.74, 6) is 0.689. The fourth-order valence-corrected chi connectivity index (χ4v) is 0.964. The second kappa shape index (κ2) is 7.90. The molecule has 0 spiro atoms. The maximum atomic E-state index is 3.01. The molecular weight excluding hydrogens is 180 g/mol. The van der Waals surface area contributed by atoms with Crippen LogP contribution in [0.1, 0.15) is 31.7 Å². The van der Waals surface area contributed by atoms with Gasteiger partial charge in [0.2, 0.25) is 0 Å². The molecule has 2 heteroatoms. The van der Waals surface area contributed by atoms with Gasteiger partial charge >= 0.3 is 23.1 Å². The third kappa shape index (κ3) is 4.34. The fourth-order valence-electron chi connectivity index (χ4n) is 0.964. The van der Waals surface area contributed by atoms with Crippen molar-refractivity contribution in [1.29, 1.82) is 0 Å². The van der Waals surface area contributed by atoms with E-state index in [2.05, 4.69) is 32.0 Å². The van der Waals surface area contributed by atoms with Crippen LogP contribution in [0.3, 0.4) is 0 Å². The summed E-state index contributed by atoms with van der Waals surface area (Å²) in [7, 11) is 0. The molecule has 12 heavy (non-hydrogen) atoms. The van der Waals surface area contributed by atoms with Crippen LogP contribution in [-0.4, -0.2) is 23.1 Å². The second-order valence-corrected chi connectivity index (χ2v) is 2.64. The van der Waals surface area contributed by atoms with E-state index in [1.165, 1.54) is 12.0 Å². The van der Waals surface area contributed by atoms with Crippen molar-refractivity contribution in [1.82, 2.24) is 0 Å². The van der Waals surface area contributed by atoms with Gasteiger partial charge in [-0.25, -0.2) is 0 Å². The Morgan fingerprint density at radius 3 is 2.25 bits per heavy atom. The van der Waals surface area contributed by atoms with E-state index in [-0.39, 0.29) is 35.5 Å². The average Bonchev–Trinajstić information content (AvgIpc) is 2.05. The van der Waals surface area contributed by atoms with Crippen molar-refractivity contribution in [2.75, 3.05) is 0 Å². The topological polar surface area (TPSA) is 0 Å². The Labute approximate surface area is 97.3 Å². The summed E-state index contributed by atoms with van der Waals surface area (Å²) in [6.07, 6.45) is 1.21. The molecule has 0 radical (unpaired) electrons. The molecular formula is C10H13ClMg. The van der Waals surface area contributed by atoms with Crippen LogP contribution in [0.4, 0.5) is 0 Å². The Bertz CT molecular complexity index is 186. The molecule has 0 saturated heterocycles. The van der Waals surface area contributed by atoms with Gasteiger partial charge in [-0.1, -0.05) is 20.3 Å². The van der Waals surface area contributed by atoms with Crippen LogP contribution in [0.25, 0.3) is 0 Å². The quantitative estimate of drug-likeness (QED) is 0.443. The molecule has 1 aromatic rings. The molecule has 1 atom stereocenters. The van der Waals surface area contributed by atoms with Crippen LogP contribution < -0.4 is 12.4 Å². The van der Waals surface area contributed by atoms with Crippen LogP contribution >= 0.6 is 0 Å². The zero-order valence-electron chi connectivity index (χ0n) is 7.68. The summed E-state index contributed by atoms with van der Waals surface area (Å²) in [5, 5.41) is 0. The van der Waals surface area contributed by atoms with Crippen LogP contribution in [0, 0.1) is 6.07 Å². The van der Waals surface area contributed by atoms with Crippen LogP contribution in [0.5, 0.6) is 0 Å². The predicted molar refractivity (Wildman–Crippen MR) is 49.7 cm³/mol. The van der Waals surface area contributed by atoms with E-state index in [0.29, 0.717) is 5.92 Å². The minimum atomic E-state index is 0. The third-order valence-electron chi connectivity index (χ3n) is 1.93. The summed E-state index contributed by atoms with van der Waals surface area (Å²) in [5.41, 5.74) is 1.42. The predicted octanol–water partition coefficient (Wildman–Crippen LogP) is -0.377. The monoisotopic (exact) mass is 192 g/mol. The molecule has 62 valence electrons. The van der Waals surface area contributed by atoms with Gasteiger partial charge in [0.25, 0.3) is 0 Å². The van der Waals surface area contributed by atoms with E-state index in [9.17, 15) is 0 Å². The average molecular weight is 193 g/mol. The zero-order valence-corrected chi connectivity index (χ0v) is 9.85. The molecule has 1 unspecified atom stereocenters. The van der Waals surface area contributed by atoms with Crippen molar-refractivity contribution in [3.63, 3.8) is 0 Å². The van der Waals surface area contributed by atoms with Gasteiger partial charge in [-0.15, -0.1) is 0 Å². The van der Waals surface area contributed by atoms with Gasteiger partial charge in [-0.2, -0.15) is 35.9 Å².